The highest BCUT2D eigenvalue weighted by Gasteiger charge is 2.44. The van der Waals surface area contributed by atoms with Gasteiger partial charge in [-0.2, -0.15) is 5.10 Å². The standard InChI is InChI=1S/C16H24BN3O4/c1-11-16(5,6)24-17(23-11)12-7-18-20(8-12)13-9-19(10-13)14(21)22-15(2,3)4/h7-8,13H,1,9-10H2,2-6H3. The summed E-state index contributed by atoms with van der Waals surface area (Å²) in [5, 5.41) is 4.37. The molecule has 0 atom stereocenters. The molecule has 1 aromatic heterocycles. The van der Waals surface area contributed by atoms with E-state index in [0.717, 1.165) is 5.46 Å². The van der Waals surface area contributed by atoms with Crippen molar-refractivity contribution < 1.29 is 18.8 Å². The number of hydrogen-bond acceptors (Lipinski definition) is 5. The summed E-state index contributed by atoms with van der Waals surface area (Å²) in [5.74, 6) is 0.611. The number of carbonyl (C=O) groups is 1. The number of likely N-dealkylation sites (tertiary alicyclic amines) is 1. The number of carbonyl (C=O) groups excluding carboxylic acids is 1. The van der Waals surface area contributed by atoms with E-state index in [4.69, 9.17) is 14.0 Å². The van der Waals surface area contributed by atoms with E-state index in [1.54, 1.807) is 11.1 Å². The van der Waals surface area contributed by atoms with Crippen molar-refractivity contribution in [1.29, 1.82) is 0 Å². The molecule has 8 heteroatoms. The second-order valence-electron chi connectivity index (χ2n) is 7.79. The highest BCUT2D eigenvalue weighted by atomic mass is 16.7. The van der Waals surface area contributed by atoms with Gasteiger partial charge in [0, 0.05) is 24.7 Å². The van der Waals surface area contributed by atoms with Gasteiger partial charge in [0.05, 0.1) is 18.0 Å². The molecule has 1 aromatic rings. The molecule has 2 aliphatic rings. The van der Waals surface area contributed by atoms with Gasteiger partial charge in [-0.1, -0.05) is 6.58 Å². The van der Waals surface area contributed by atoms with Crippen molar-refractivity contribution in [3.63, 3.8) is 0 Å². The third-order valence-corrected chi connectivity index (χ3v) is 4.10. The van der Waals surface area contributed by atoms with Gasteiger partial charge in [0.15, 0.2) is 0 Å². The molecule has 0 N–H and O–H groups in total. The highest BCUT2D eigenvalue weighted by molar-refractivity contribution is 6.62. The van der Waals surface area contributed by atoms with Crippen molar-refractivity contribution in [3.05, 3.63) is 24.7 Å². The molecule has 0 radical (unpaired) electrons. The largest absolute Gasteiger partial charge is 0.566 e. The van der Waals surface area contributed by atoms with E-state index in [1.807, 2.05) is 45.5 Å². The van der Waals surface area contributed by atoms with Crippen LogP contribution in [-0.4, -0.2) is 52.2 Å². The lowest BCUT2D eigenvalue weighted by atomic mass is 9.82. The topological polar surface area (TPSA) is 65.8 Å². The van der Waals surface area contributed by atoms with Gasteiger partial charge in [0.2, 0.25) is 0 Å². The lowest BCUT2D eigenvalue weighted by Crippen LogP contribution is -2.52. The van der Waals surface area contributed by atoms with Crippen molar-refractivity contribution in [1.82, 2.24) is 14.7 Å². The number of aromatic nitrogens is 2. The molecular formula is C16H24BN3O4. The maximum absolute atomic E-state index is 12.0. The molecule has 130 valence electrons. The Balaban J connectivity index is 1.57. The number of hydrogen-bond donors (Lipinski definition) is 0. The van der Waals surface area contributed by atoms with Crippen LogP contribution in [0.15, 0.2) is 24.7 Å². The maximum atomic E-state index is 12.0. The fourth-order valence-electron chi connectivity index (χ4n) is 2.54. The minimum Gasteiger partial charge on any atom is -0.534 e. The monoisotopic (exact) mass is 333 g/mol. The van der Waals surface area contributed by atoms with Crippen molar-refractivity contribution in [2.24, 2.45) is 0 Å². The first kappa shape index (κ1) is 16.9. The van der Waals surface area contributed by atoms with Gasteiger partial charge in [-0.05, 0) is 34.6 Å². The van der Waals surface area contributed by atoms with Crippen LogP contribution in [0.2, 0.25) is 0 Å². The predicted octanol–water partition coefficient (Wildman–Crippen LogP) is 1.71. The fourth-order valence-corrected chi connectivity index (χ4v) is 2.54. The summed E-state index contributed by atoms with van der Waals surface area (Å²) in [7, 11) is -0.483. The number of nitrogens with zero attached hydrogens (tertiary/aromatic N) is 3. The Morgan fingerprint density at radius 2 is 2.12 bits per heavy atom. The van der Waals surface area contributed by atoms with E-state index < -0.39 is 18.3 Å². The van der Waals surface area contributed by atoms with Crippen LogP contribution in [0.5, 0.6) is 0 Å². The molecular weight excluding hydrogens is 309 g/mol. The number of ether oxygens (including phenoxy) is 1. The van der Waals surface area contributed by atoms with E-state index >= 15 is 0 Å². The first-order valence-corrected chi connectivity index (χ1v) is 8.11. The zero-order valence-electron chi connectivity index (χ0n) is 14.9. The van der Waals surface area contributed by atoms with Crippen LogP contribution < -0.4 is 5.46 Å². The average Bonchev–Trinajstić information content (AvgIpc) is 2.91. The lowest BCUT2D eigenvalue weighted by molar-refractivity contribution is -0.000386. The molecule has 7 nitrogen and oxygen atoms in total. The number of rotatable bonds is 2. The Morgan fingerprint density at radius 1 is 1.46 bits per heavy atom. The quantitative estimate of drug-likeness (QED) is 0.771. The van der Waals surface area contributed by atoms with Crippen LogP contribution in [0.1, 0.15) is 40.7 Å². The van der Waals surface area contributed by atoms with Crippen molar-refractivity contribution >= 4 is 18.7 Å². The van der Waals surface area contributed by atoms with Crippen LogP contribution in [-0.2, 0) is 14.0 Å². The first-order chi connectivity index (χ1) is 11.0. The second-order valence-corrected chi connectivity index (χ2v) is 7.79. The van der Waals surface area contributed by atoms with Crippen molar-refractivity contribution in [3.8, 4) is 0 Å². The lowest BCUT2D eigenvalue weighted by Gasteiger charge is -2.39. The van der Waals surface area contributed by atoms with E-state index in [0.29, 0.717) is 18.8 Å². The van der Waals surface area contributed by atoms with E-state index in [-0.39, 0.29) is 12.1 Å². The van der Waals surface area contributed by atoms with Gasteiger partial charge < -0.3 is 18.9 Å². The average molecular weight is 333 g/mol. The smallest absolute Gasteiger partial charge is 0.534 e. The predicted molar refractivity (Wildman–Crippen MR) is 89.8 cm³/mol. The van der Waals surface area contributed by atoms with Crippen LogP contribution in [0.4, 0.5) is 4.79 Å². The van der Waals surface area contributed by atoms with Crippen LogP contribution in [0.25, 0.3) is 0 Å². The molecule has 24 heavy (non-hydrogen) atoms. The minimum atomic E-state index is -0.503. The van der Waals surface area contributed by atoms with Crippen molar-refractivity contribution in [2.75, 3.05) is 13.1 Å². The van der Waals surface area contributed by atoms with Gasteiger partial charge in [-0.3, -0.25) is 4.68 Å². The minimum absolute atomic E-state index is 0.142. The maximum Gasteiger partial charge on any atom is 0.566 e. The third kappa shape index (κ3) is 3.29. The summed E-state index contributed by atoms with van der Waals surface area (Å²) < 4.78 is 18.7. The van der Waals surface area contributed by atoms with Gasteiger partial charge in [0.25, 0.3) is 0 Å². The molecule has 2 saturated heterocycles. The van der Waals surface area contributed by atoms with Gasteiger partial charge in [-0.25, -0.2) is 4.79 Å². The molecule has 2 aliphatic heterocycles. The van der Waals surface area contributed by atoms with Crippen molar-refractivity contribution in [2.45, 2.75) is 51.9 Å². The van der Waals surface area contributed by atoms with Gasteiger partial charge in [0.1, 0.15) is 11.2 Å². The van der Waals surface area contributed by atoms with Crippen LogP contribution in [0, 0.1) is 0 Å². The summed E-state index contributed by atoms with van der Waals surface area (Å²) in [5.41, 5.74) is -0.137. The summed E-state index contributed by atoms with van der Waals surface area (Å²) in [6.07, 6.45) is 3.35. The Bertz CT molecular complexity index is 659. The molecule has 0 aliphatic carbocycles. The molecule has 2 fully saturated rings. The molecule has 0 aromatic carbocycles. The van der Waals surface area contributed by atoms with E-state index in [9.17, 15) is 4.79 Å². The van der Waals surface area contributed by atoms with Crippen LogP contribution in [0.3, 0.4) is 0 Å². The normalized spacial score (nSPS) is 20.8. The zero-order chi connectivity index (χ0) is 17.7. The highest BCUT2D eigenvalue weighted by Crippen LogP contribution is 2.29. The first-order valence-electron chi connectivity index (χ1n) is 8.11. The Labute approximate surface area is 142 Å². The fraction of sp³-hybridized carbons (Fsp3) is 0.625. The summed E-state index contributed by atoms with van der Waals surface area (Å²) in [6, 6.07) is 0.142. The van der Waals surface area contributed by atoms with Gasteiger partial charge in [-0.15, -0.1) is 0 Å². The van der Waals surface area contributed by atoms with E-state index in [2.05, 4.69) is 11.7 Å². The van der Waals surface area contributed by atoms with Gasteiger partial charge >= 0.3 is 13.2 Å². The van der Waals surface area contributed by atoms with E-state index in [1.165, 1.54) is 0 Å². The molecule has 1 amide bonds. The molecule has 0 saturated carbocycles. The molecule has 3 rings (SSSR count). The molecule has 3 heterocycles. The molecule has 0 spiro atoms. The summed E-state index contributed by atoms with van der Waals surface area (Å²) in [4.78, 5) is 13.6. The van der Waals surface area contributed by atoms with Crippen LogP contribution >= 0.6 is 0 Å². The second kappa shape index (κ2) is 5.55. The Kier molecular flexibility index (Phi) is 3.90. The summed E-state index contributed by atoms with van der Waals surface area (Å²) >= 11 is 0. The number of amides is 1. The SMILES string of the molecule is C=C1OB(c2cnn(C3CN(C(=O)OC(C)(C)C)C3)c2)OC1(C)C. The molecule has 0 unspecified atom stereocenters. The molecule has 0 bridgehead atoms. The Hall–Kier alpha value is -1.96. The third-order valence-electron chi connectivity index (χ3n) is 4.10. The Morgan fingerprint density at radius 3 is 2.67 bits per heavy atom. The zero-order valence-corrected chi connectivity index (χ0v) is 14.9. The summed E-state index contributed by atoms with van der Waals surface area (Å²) in [6.45, 7) is 14.5.